The van der Waals surface area contributed by atoms with E-state index < -0.39 is 34.4 Å². The highest BCUT2D eigenvalue weighted by Crippen LogP contribution is 2.38. The molecule has 0 amide bonds. The summed E-state index contributed by atoms with van der Waals surface area (Å²) in [6, 6.07) is 9.31. The summed E-state index contributed by atoms with van der Waals surface area (Å²) >= 11 is 2.23. The summed E-state index contributed by atoms with van der Waals surface area (Å²) in [5.41, 5.74) is 0.00416. The van der Waals surface area contributed by atoms with Crippen LogP contribution in [0.1, 0.15) is 16.8 Å². The molecule has 0 saturated carbocycles. The van der Waals surface area contributed by atoms with E-state index in [0.717, 1.165) is 39.4 Å². The van der Waals surface area contributed by atoms with Gasteiger partial charge < -0.3 is 4.90 Å². The van der Waals surface area contributed by atoms with E-state index in [4.69, 9.17) is 0 Å². The number of non-ortho nitro benzene ring substituents is 1. The molecule has 9 nitrogen and oxygen atoms in total. The van der Waals surface area contributed by atoms with Crippen LogP contribution in [0.2, 0.25) is 0 Å². The van der Waals surface area contributed by atoms with Gasteiger partial charge in [-0.3, -0.25) is 19.5 Å². The molecule has 39 heavy (non-hydrogen) atoms. The fraction of sp³-hybridized carbons (Fsp3) is 0.192. The molecule has 0 aliphatic carbocycles. The van der Waals surface area contributed by atoms with Crippen LogP contribution >= 0.6 is 22.7 Å². The van der Waals surface area contributed by atoms with Crippen molar-refractivity contribution in [3.05, 3.63) is 107 Å². The summed E-state index contributed by atoms with van der Waals surface area (Å²) in [4.78, 5) is 45.5. The minimum absolute atomic E-state index is 0.0950. The maximum absolute atomic E-state index is 14.7. The standard InChI is InChI=1S/C26H21F2N5O4S2/c1-14-13-38-25(29-14)32-23(34)21-18(11-30(2)3)22(15-7-9-16(10-8-15)33(36)37)39-24(21)31(26(32)35)12-17-19(27)5-4-6-20(17)28/h4-10,13H,11-12H2,1-3H3. The molecular formula is C26H21F2N5O4S2. The molecule has 5 rings (SSSR count). The molecular weight excluding hydrogens is 548 g/mol. The molecule has 0 unspecified atom stereocenters. The Morgan fingerprint density at radius 1 is 1.05 bits per heavy atom. The fourth-order valence-corrected chi connectivity index (χ4v) is 6.39. The van der Waals surface area contributed by atoms with Gasteiger partial charge in [-0.1, -0.05) is 6.07 Å². The molecule has 0 aliphatic heterocycles. The molecule has 200 valence electrons. The monoisotopic (exact) mass is 569 g/mol. The van der Waals surface area contributed by atoms with Crippen LogP contribution < -0.4 is 11.2 Å². The number of thiophene rings is 1. The Labute approximate surface area is 228 Å². The maximum atomic E-state index is 14.7. The number of hydrogen-bond donors (Lipinski definition) is 0. The smallest absolute Gasteiger partial charge is 0.305 e. The number of halogens is 2. The first-order valence-electron chi connectivity index (χ1n) is 11.6. The molecule has 3 aromatic heterocycles. The highest BCUT2D eigenvalue weighted by Gasteiger charge is 2.26. The number of benzene rings is 2. The van der Waals surface area contributed by atoms with E-state index in [-0.39, 0.29) is 26.6 Å². The van der Waals surface area contributed by atoms with E-state index in [0.29, 0.717) is 28.2 Å². The van der Waals surface area contributed by atoms with Crippen molar-refractivity contribution in [1.29, 1.82) is 0 Å². The van der Waals surface area contributed by atoms with Crippen molar-refractivity contribution in [2.24, 2.45) is 0 Å². The van der Waals surface area contributed by atoms with Gasteiger partial charge in [0.05, 0.1) is 22.5 Å². The Hall–Kier alpha value is -4.07. The van der Waals surface area contributed by atoms with Crippen molar-refractivity contribution in [3.63, 3.8) is 0 Å². The van der Waals surface area contributed by atoms with Gasteiger partial charge in [-0.05, 0) is 56.4 Å². The Morgan fingerprint density at radius 2 is 1.72 bits per heavy atom. The van der Waals surface area contributed by atoms with Crippen LogP contribution in [-0.4, -0.2) is 38.0 Å². The minimum atomic E-state index is -0.821. The number of aryl methyl sites for hydroxylation is 1. The quantitative estimate of drug-likeness (QED) is 0.203. The number of thiazole rings is 1. The second-order valence-electron chi connectivity index (χ2n) is 9.11. The van der Waals surface area contributed by atoms with Crippen LogP contribution in [0.25, 0.3) is 25.8 Å². The third-order valence-electron chi connectivity index (χ3n) is 6.06. The molecule has 0 saturated heterocycles. The van der Waals surface area contributed by atoms with E-state index in [1.54, 1.807) is 24.4 Å². The summed E-state index contributed by atoms with van der Waals surface area (Å²) in [6.45, 7) is 1.57. The first kappa shape index (κ1) is 26.5. The second kappa shape index (κ2) is 10.2. The number of nitro groups is 1. The predicted octanol–water partition coefficient (Wildman–Crippen LogP) is 4.94. The summed E-state index contributed by atoms with van der Waals surface area (Å²) in [5.74, 6) is -1.64. The molecule has 0 spiro atoms. The molecule has 3 heterocycles. The second-order valence-corrected chi connectivity index (χ2v) is 10.9. The van der Waals surface area contributed by atoms with Crippen molar-refractivity contribution in [2.45, 2.75) is 20.0 Å². The SMILES string of the molecule is Cc1csc(-n2c(=O)c3c(CN(C)C)c(-c4ccc([N+](=O)[O-])cc4)sc3n(Cc3c(F)cccc3F)c2=O)n1. The number of fused-ring (bicyclic) bond motifs is 1. The van der Waals surface area contributed by atoms with Gasteiger partial charge in [0.2, 0.25) is 5.13 Å². The summed E-state index contributed by atoms with van der Waals surface area (Å²) in [5, 5.41) is 13.2. The summed E-state index contributed by atoms with van der Waals surface area (Å²) < 4.78 is 31.5. The highest BCUT2D eigenvalue weighted by atomic mass is 32.1. The normalized spacial score (nSPS) is 11.5. The third-order valence-corrected chi connectivity index (χ3v) is 8.31. The topological polar surface area (TPSA) is 103 Å². The number of aromatic nitrogens is 3. The Balaban J connectivity index is 1.88. The molecule has 0 fully saturated rings. The number of hydrogen-bond acceptors (Lipinski definition) is 8. The number of rotatable bonds is 7. The zero-order valence-corrected chi connectivity index (χ0v) is 22.6. The Bertz CT molecular complexity index is 1840. The van der Waals surface area contributed by atoms with Crippen molar-refractivity contribution in [3.8, 4) is 15.6 Å². The fourth-order valence-electron chi connectivity index (χ4n) is 4.30. The molecule has 0 bridgehead atoms. The van der Waals surface area contributed by atoms with Gasteiger partial charge in [-0.2, -0.15) is 0 Å². The molecule has 0 N–H and O–H groups in total. The van der Waals surface area contributed by atoms with E-state index in [1.165, 1.54) is 22.8 Å². The van der Waals surface area contributed by atoms with E-state index in [9.17, 15) is 28.5 Å². The van der Waals surface area contributed by atoms with Crippen molar-refractivity contribution >= 4 is 38.6 Å². The van der Waals surface area contributed by atoms with Crippen LogP contribution in [0.5, 0.6) is 0 Å². The zero-order chi connectivity index (χ0) is 28.0. The van der Waals surface area contributed by atoms with Gasteiger partial charge in [0.1, 0.15) is 16.5 Å². The Morgan fingerprint density at radius 3 is 2.28 bits per heavy atom. The molecule has 13 heteroatoms. The first-order valence-corrected chi connectivity index (χ1v) is 13.3. The number of nitro benzene ring substituents is 1. The zero-order valence-electron chi connectivity index (χ0n) is 21.0. The minimum Gasteiger partial charge on any atom is -0.305 e. The van der Waals surface area contributed by atoms with Crippen LogP contribution in [0, 0.1) is 28.7 Å². The van der Waals surface area contributed by atoms with Crippen LogP contribution in [0.15, 0.2) is 57.4 Å². The van der Waals surface area contributed by atoms with Gasteiger partial charge >= 0.3 is 5.69 Å². The van der Waals surface area contributed by atoms with Crippen molar-refractivity contribution < 1.29 is 13.7 Å². The van der Waals surface area contributed by atoms with Crippen LogP contribution in [-0.2, 0) is 13.1 Å². The molecule has 0 atom stereocenters. The van der Waals surface area contributed by atoms with E-state index in [2.05, 4.69) is 4.98 Å². The number of nitrogens with zero attached hydrogens (tertiary/aromatic N) is 5. The van der Waals surface area contributed by atoms with Crippen LogP contribution in [0.3, 0.4) is 0 Å². The van der Waals surface area contributed by atoms with Crippen molar-refractivity contribution in [1.82, 2.24) is 19.0 Å². The first-order chi connectivity index (χ1) is 18.6. The van der Waals surface area contributed by atoms with Gasteiger partial charge in [-0.25, -0.2) is 23.1 Å². The largest absolute Gasteiger partial charge is 0.338 e. The third kappa shape index (κ3) is 4.80. The molecule has 0 radical (unpaired) electrons. The average molecular weight is 570 g/mol. The van der Waals surface area contributed by atoms with Gasteiger partial charge in [-0.15, -0.1) is 22.7 Å². The molecule has 0 aliphatic rings. The predicted molar refractivity (Wildman–Crippen MR) is 147 cm³/mol. The van der Waals surface area contributed by atoms with E-state index in [1.807, 2.05) is 19.0 Å². The van der Waals surface area contributed by atoms with E-state index >= 15 is 0 Å². The molecule has 2 aromatic carbocycles. The van der Waals surface area contributed by atoms with Crippen LogP contribution in [0.4, 0.5) is 14.5 Å². The molecule has 5 aromatic rings. The lowest BCUT2D eigenvalue weighted by Crippen LogP contribution is -2.39. The lowest BCUT2D eigenvalue weighted by atomic mass is 10.1. The van der Waals surface area contributed by atoms with Gasteiger partial charge in [0, 0.05) is 34.5 Å². The summed E-state index contributed by atoms with van der Waals surface area (Å²) in [6.07, 6.45) is 0. The highest BCUT2D eigenvalue weighted by molar-refractivity contribution is 7.22. The van der Waals surface area contributed by atoms with Gasteiger partial charge in [0.25, 0.3) is 11.2 Å². The lowest BCUT2D eigenvalue weighted by molar-refractivity contribution is -0.384. The van der Waals surface area contributed by atoms with Gasteiger partial charge in [0.15, 0.2) is 0 Å². The average Bonchev–Trinajstić information content (AvgIpc) is 3.47. The maximum Gasteiger partial charge on any atom is 0.338 e. The lowest BCUT2D eigenvalue weighted by Gasteiger charge is -2.14. The summed E-state index contributed by atoms with van der Waals surface area (Å²) in [7, 11) is 3.63. The van der Waals surface area contributed by atoms with Crippen molar-refractivity contribution in [2.75, 3.05) is 14.1 Å². The Kier molecular flexibility index (Phi) is 6.97.